The molecule has 0 atom stereocenters. The third-order valence-electron chi connectivity index (χ3n) is 3.48. The molecule has 3 N–H and O–H groups in total. The van der Waals surface area contributed by atoms with Crippen molar-refractivity contribution in [1.82, 2.24) is 15.0 Å². The van der Waals surface area contributed by atoms with Crippen molar-refractivity contribution < 1.29 is 4.74 Å². The molecule has 0 aliphatic carbocycles. The molecule has 0 unspecified atom stereocenters. The van der Waals surface area contributed by atoms with Gasteiger partial charge in [-0.15, -0.1) is 0 Å². The van der Waals surface area contributed by atoms with E-state index in [4.69, 9.17) is 10.5 Å². The Kier molecular flexibility index (Phi) is 6.27. The van der Waals surface area contributed by atoms with Crippen LogP contribution in [0.5, 0.6) is 5.75 Å². The van der Waals surface area contributed by atoms with Crippen LogP contribution in [-0.2, 0) is 5.75 Å². The number of thioether (sulfide) groups is 1. The maximum absolute atomic E-state index is 5.81. The topological polar surface area (TPSA) is 86.0 Å². The highest BCUT2D eigenvalue weighted by Crippen LogP contribution is 2.16. The molecular formula is C19H21N5OS. The highest BCUT2D eigenvalue weighted by molar-refractivity contribution is 7.98. The molecule has 0 aliphatic heterocycles. The van der Waals surface area contributed by atoms with E-state index in [9.17, 15) is 0 Å². The average Bonchev–Trinajstić information content (AvgIpc) is 2.64. The minimum Gasteiger partial charge on any atom is -0.493 e. The van der Waals surface area contributed by atoms with Crippen molar-refractivity contribution >= 4 is 29.3 Å². The predicted octanol–water partition coefficient (Wildman–Crippen LogP) is 3.82. The van der Waals surface area contributed by atoms with Gasteiger partial charge in [0.05, 0.1) is 12.4 Å². The lowest BCUT2D eigenvalue weighted by Crippen LogP contribution is -2.07. The number of aryl methyl sites for hydroxylation is 1. The van der Waals surface area contributed by atoms with Crippen LogP contribution in [0.15, 0.2) is 54.6 Å². The van der Waals surface area contributed by atoms with E-state index < -0.39 is 0 Å². The van der Waals surface area contributed by atoms with E-state index in [0.29, 0.717) is 24.1 Å². The first kappa shape index (κ1) is 18.0. The van der Waals surface area contributed by atoms with Crippen LogP contribution >= 0.6 is 11.8 Å². The van der Waals surface area contributed by atoms with E-state index >= 15 is 0 Å². The van der Waals surface area contributed by atoms with Gasteiger partial charge in [-0.05, 0) is 31.2 Å². The number of nitrogens with two attached hydrogens (primary N) is 1. The predicted molar refractivity (Wildman–Crippen MR) is 107 cm³/mol. The molecule has 6 nitrogen and oxygen atoms in total. The summed E-state index contributed by atoms with van der Waals surface area (Å²) >= 11 is 1.69. The van der Waals surface area contributed by atoms with Gasteiger partial charge in [-0.1, -0.05) is 35.9 Å². The van der Waals surface area contributed by atoms with Gasteiger partial charge in [0.1, 0.15) is 11.6 Å². The van der Waals surface area contributed by atoms with Crippen LogP contribution in [0.2, 0.25) is 0 Å². The van der Waals surface area contributed by atoms with E-state index in [0.717, 1.165) is 17.2 Å². The van der Waals surface area contributed by atoms with E-state index in [1.807, 2.05) is 61.5 Å². The Morgan fingerprint density at radius 3 is 2.54 bits per heavy atom. The number of aromatic nitrogens is 3. The zero-order valence-electron chi connectivity index (χ0n) is 14.6. The number of anilines is 3. The number of para-hydroxylation sites is 1. The minimum atomic E-state index is 0.214. The number of hydrogen-bond acceptors (Lipinski definition) is 7. The zero-order valence-corrected chi connectivity index (χ0v) is 15.4. The van der Waals surface area contributed by atoms with Crippen LogP contribution in [0, 0.1) is 6.92 Å². The largest absolute Gasteiger partial charge is 0.493 e. The Labute approximate surface area is 157 Å². The summed E-state index contributed by atoms with van der Waals surface area (Å²) in [5.74, 6) is 3.68. The second-order valence-electron chi connectivity index (χ2n) is 5.64. The molecule has 1 aromatic heterocycles. The highest BCUT2D eigenvalue weighted by Gasteiger charge is 2.05. The lowest BCUT2D eigenvalue weighted by Gasteiger charge is -2.08. The molecule has 1 heterocycles. The molecule has 0 aliphatic rings. The smallest absolute Gasteiger partial charge is 0.232 e. The first-order valence-corrected chi connectivity index (χ1v) is 9.44. The fourth-order valence-corrected chi connectivity index (χ4v) is 2.88. The quantitative estimate of drug-likeness (QED) is 0.585. The number of rotatable bonds is 8. The van der Waals surface area contributed by atoms with Gasteiger partial charge >= 0.3 is 0 Å². The molecule has 0 bridgehead atoms. The molecule has 2 aromatic carbocycles. The summed E-state index contributed by atoms with van der Waals surface area (Å²) in [7, 11) is 0. The Morgan fingerprint density at radius 2 is 1.77 bits per heavy atom. The zero-order chi connectivity index (χ0) is 18.2. The maximum Gasteiger partial charge on any atom is 0.232 e. The Morgan fingerprint density at radius 1 is 1.00 bits per heavy atom. The lowest BCUT2D eigenvalue weighted by atomic mass is 10.2. The summed E-state index contributed by atoms with van der Waals surface area (Å²) in [5, 5.41) is 3.16. The van der Waals surface area contributed by atoms with E-state index in [2.05, 4.69) is 20.3 Å². The Balaban J connectivity index is 1.50. The van der Waals surface area contributed by atoms with Crippen molar-refractivity contribution in [3.05, 3.63) is 66.0 Å². The molecule has 134 valence electrons. The molecule has 0 fully saturated rings. The number of benzene rings is 2. The van der Waals surface area contributed by atoms with Gasteiger partial charge in [-0.3, -0.25) is 0 Å². The SMILES string of the molecule is Cc1ccc(Nc2nc(N)nc(CSCCOc3ccccc3)n2)cc1. The highest BCUT2D eigenvalue weighted by atomic mass is 32.2. The number of nitrogen functional groups attached to an aromatic ring is 1. The van der Waals surface area contributed by atoms with Gasteiger partial charge in [0.15, 0.2) is 0 Å². The number of hydrogen-bond donors (Lipinski definition) is 2. The van der Waals surface area contributed by atoms with Gasteiger partial charge < -0.3 is 15.8 Å². The summed E-state index contributed by atoms with van der Waals surface area (Å²) in [5.41, 5.74) is 7.92. The minimum absolute atomic E-state index is 0.214. The van der Waals surface area contributed by atoms with E-state index in [1.54, 1.807) is 11.8 Å². The number of nitrogens with zero attached hydrogens (tertiary/aromatic N) is 3. The van der Waals surface area contributed by atoms with Gasteiger partial charge in [-0.25, -0.2) is 0 Å². The van der Waals surface area contributed by atoms with Crippen molar-refractivity contribution in [2.75, 3.05) is 23.4 Å². The monoisotopic (exact) mass is 367 g/mol. The van der Waals surface area contributed by atoms with E-state index in [-0.39, 0.29) is 5.95 Å². The first-order valence-electron chi connectivity index (χ1n) is 8.29. The maximum atomic E-state index is 5.81. The normalized spacial score (nSPS) is 10.5. The van der Waals surface area contributed by atoms with E-state index in [1.165, 1.54) is 5.56 Å². The fourth-order valence-electron chi connectivity index (χ4n) is 2.22. The lowest BCUT2D eigenvalue weighted by molar-refractivity contribution is 0.344. The average molecular weight is 367 g/mol. The third kappa shape index (κ3) is 5.63. The van der Waals surface area contributed by atoms with Gasteiger partial charge in [0, 0.05) is 11.4 Å². The van der Waals surface area contributed by atoms with Gasteiger partial charge in [-0.2, -0.15) is 26.7 Å². The van der Waals surface area contributed by atoms with Crippen molar-refractivity contribution in [3.8, 4) is 5.75 Å². The summed E-state index contributed by atoms with van der Waals surface area (Å²) in [6.45, 7) is 2.67. The summed E-state index contributed by atoms with van der Waals surface area (Å²) in [4.78, 5) is 12.8. The van der Waals surface area contributed by atoms with Crippen LogP contribution < -0.4 is 15.8 Å². The second-order valence-corrected chi connectivity index (χ2v) is 6.74. The number of nitrogens with one attached hydrogen (secondary N) is 1. The molecule has 3 rings (SSSR count). The molecule has 0 amide bonds. The Hall–Kier alpha value is -2.80. The van der Waals surface area contributed by atoms with Crippen LogP contribution in [-0.4, -0.2) is 27.3 Å². The molecule has 7 heteroatoms. The first-order chi connectivity index (χ1) is 12.7. The van der Waals surface area contributed by atoms with Gasteiger partial charge in [0.25, 0.3) is 0 Å². The third-order valence-corrected chi connectivity index (χ3v) is 4.40. The van der Waals surface area contributed by atoms with Crippen molar-refractivity contribution in [2.24, 2.45) is 0 Å². The molecule has 0 spiro atoms. The fraction of sp³-hybridized carbons (Fsp3) is 0.211. The Bertz CT molecular complexity index is 827. The van der Waals surface area contributed by atoms with Crippen LogP contribution in [0.4, 0.5) is 17.6 Å². The summed E-state index contributed by atoms with van der Waals surface area (Å²) in [6, 6.07) is 17.8. The van der Waals surface area contributed by atoms with Crippen LogP contribution in [0.25, 0.3) is 0 Å². The molecule has 0 saturated carbocycles. The second kappa shape index (κ2) is 9.05. The molecule has 0 radical (unpaired) electrons. The molecular weight excluding hydrogens is 346 g/mol. The molecule has 3 aromatic rings. The van der Waals surface area contributed by atoms with Crippen LogP contribution in [0.1, 0.15) is 11.4 Å². The standard InChI is InChI=1S/C19H21N5OS/c1-14-7-9-15(10-8-14)21-19-23-17(22-18(20)24-19)13-26-12-11-25-16-5-3-2-4-6-16/h2-10H,11-13H2,1H3,(H3,20,21,22,23,24). The van der Waals surface area contributed by atoms with Gasteiger partial charge in [0.2, 0.25) is 11.9 Å². The molecule has 26 heavy (non-hydrogen) atoms. The molecule has 0 saturated heterocycles. The summed E-state index contributed by atoms with van der Waals surface area (Å²) in [6.07, 6.45) is 0. The van der Waals surface area contributed by atoms with Crippen molar-refractivity contribution in [1.29, 1.82) is 0 Å². The van der Waals surface area contributed by atoms with Crippen LogP contribution in [0.3, 0.4) is 0 Å². The number of ether oxygens (including phenoxy) is 1. The van der Waals surface area contributed by atoms with Crippen molar-refractivity contribution in [3.63, 3.8) is 0 Å². The summed E-state index contributed by atoms with van der Waals surface area (Å²) < 4.78 is 5.67. The van der Waals surface area contributed by atoms with Crippen molar-refractivity contribution in [2.45, 2.75) is 12.7 Å².